The zero-order valence-electron chi connectivity index (χ0n) is 11.1. The van der Waals surface area contributed by atoms with Crippen LogP contribution in [0.15, 0.2) is 47.6 Å². The average Bonchev–Trinajstić information content (AvgIpc) is 2.46. The highest BCUT2D eigenvalue weighted by Crippen LogP contribution is 2.26. The molecule has 0 bridgehead atoms. The number of nitrogen functional groups attached to an aromatic ring is 1. The van der Waals surface area contributed by atoms with Crippen LogP contribution in [0, 0.1) is 0 Å². The molecule has 1 atom stereocenters. The van der Waals surface area contributed by atoms with Crippen LogP contribution in [-0.4, -0.2) is 16.1 Å². The molecule has 3 N–H and O–H groups in total. The van der Waals surface area contributed by atoms with Crippen molar-refractivity contribution in [2.75, 3.05) is 5.73 Å². The van der Waals surface area contributed by atoms with Gasteiger partial charge in [0, 0.05) is 11.9 Å². The summed E-state index contributed by atoms with van der Waals surface area (Å²) in [5.41, 5.74) is 8.43. The van der Waals surface area contributed by atoms with Gasteiger partial charge in [0.25, 0.3) is 0 Å². The molecule has 0 aliphatic carbocycles. The van der Waals surface area contributed by atoms with Crippen LogP contribution in [0.2, 0.25) is 0 Å². The molecule has 0 spiro atoms. The third-order valence-electron chi connectivity index (χ3n) is 3.03. The Kier molecular flexibility index (Phi) is 4.63. The van der Waals surface area contributed by atoms with E-state index in [0.717, 1.165) is 21.9 Å². The Labute approximate surface area is 122 Å². The number of aromatic nitrogens is 1. The van der Waals surface area contributed by atoms with Crippen molar-refractivity contribution >= 4 is 23.4 Å². The number of aliphatic carboxylic acids is 1. The zero-order chi connectivity index (χ0) is 14.5. The summed E-state index contributed by atoms with van der Waals surface area (Å²) in [6.07, 6.45) is 1.72. The second-order valence-electron chi connectivity index (χ2n) is 4.49. The van der Waals surface area contributed by atoms with Crippen molar-refractivity contribution in [3.05, 3.63) is 53.7 Å². The van der Waals surface area contributed by atoms with Gasteiger partial charge in [0.15, 0.2) is 0 Å². The number of carbonyl (C=O) groups is 1. The molecule has 20 heavy (non-hydrogen) atoms. The summed E-state index contributed by atoms with van der Waals surface area (Å²) in [5, 5.41) is 9.78. The molecule has 104 valence electrons. The van der Waals surface area contributed by atoms with E-state index in [0.29, 0.717) is 5.69 Å². The molecule has 5 heteroatoms. The highest BCUT2D eigenvalue weighted by atomic mass is 32.2. The molecule has 4 nitrogen and oxygen atoms in total. The summed E-state index contributed by atoms with van der Waals surface area (Å²) in [6.45, 7) is 1.68. The molecule has 2 aromatic rings. The first kappa shape index (κ1) is 14.4. The fraction of sp³-hybridized carbons (Fsp3) is 0.200. The summed E-state index contributed by atoms with van der Waals surface area (Å²) in [4.78, 5) is 15.1. The fourth-order valence-electron chi connectivity index (χ4n) is 1.72. The minimum Gasteiger partial charge on any atom is -0.481 e. The number of hydrogen-bond acceptors (Lipinski definition) is 4. The summed E-state index contributed by atoms with van der Waals surface area (Å²) < 4.78 is 0. The van der Waals surface area contributed by atoms with Crippen molar-refractivity contribution in [1.82, 2.24) is 4.98 Å². The summed E-state index contributed by atoms with van der Waals surface area (Å²) in [6, 6.07) is 11.2. The third-order valence-corrected chi connectivity index (χ3v) is 4.12. The van der Waals surface area contributed by atoms with Gasteiger partial charge < -0.3 is 10.8 Å². The molecule has 0 fully saturated rings. The lowest BCUT2D eigenvalue weighted by Gasteiger charge is -2.08. The van der Waals surface area contributed by atoms with Crippen LogP contribution < -0.4 is 5.73 Å². The van der Waals surface area contributed by atoms with Crippen LogP contribution in [0.5, 0.6) is 0 Å². The van der Waals surface area contributed by atoms with E-state index in [2.05, 4.69) is 4.98 Å². The lowest BCUT2D eigenvalue weighted by atomic mass is 10.0. The molecule has 0 saturated carbocycles. The number of nitrogens with two attached hydrogens (primary N) is 1. The Bertz CT molecular complexity index is 599. The molecule has 1 unspecified atom stereocenters. The van der Waals surface area contributed by atoms with E-state index in [9.17, 15) is 4.79 Å². The van der Waals surface area contributed by atoms with E-state index in [1.165, 1.54) is 0 Å². The molecule has 0 radical (unpaired) electrons. The largest absolute Gasteiger partial charge is 0.481 e. The first-order chi connectivity index (χ1) is 9.58. The quantitative estimate of drug-likeness (QED) is 0.827. The van der Waals surface area contributed by atoms with Crippen molar-refractivity contribution in [3.63, 3.8) is 0 Å². The fourth-order valence-corrected chi connectivity index (χ4v) is 2.59. The monoisotopic (exact) mass is 288 g/mol. The van der Waals surface area contributed by atoms with Crippen molar-refractivity contribution in [1.29, 1.82) is 0 Å². The Morgan fingerprint density at radius 1 is 1.35 bits per heavy atom. The Morgan fingerprint density at radius 2 is 2.05 bits per heavy atom. The molecule has 1 heterocycles. The van der Waals surface area contributed by atoms with Crippen molar-refractivity contribution in [2.24, 2.45) is 0 Å². The average molecular weight is 288 g/mol. The number of hydrogen-bond donors (Lipinski definition) is 2. The van der Waals surface area contributed by atoms with Gasteiger partial charge in [0.1, 0.15) is 5.03 Å². The summed E-state index contributed by atoms with van der Waals surface area (Å²) in [7, 11) is 0. The number of thioether (sulfide) groups is 1. The van der Waals surface area contributed by atoms with Gasteiger partial charge in [-0.15, -0.1) is 0 Å². The van der Waals surface area contributed by atoms with Crippen LogP contribution in [-0.2, 0) is 10.5 Å². The number of benzene rings is 1. The maximum atomic E-state index is 10.9. The Balaban J connectivity index is 2.01. The third kappa shape index (κ3) is 3.51. The lowest BCUT2D eigenvalue weighted by Crippen LogP contribution is -2.07. The van der Waals surface area contributed by atoms with Gasteiger partial charge in [-0.05, 0) is 30.2 Å². The normalized spacial score (nSPS) is 12.1. The van der Waals surface area contributed by atoms with E-state index < -0.39 is 11.9 Å². The summed E-state index contributed by atoms with van der Waals surface area (Å²) in [5.74, 6) is -0.542. The van der Waals surface area contributed by atoms with Crippen LogP contribution in [0.1, 0.15) is 24.0 Å². The molecular weight excluding hydrogens is 272 g/mol. The van der Waals surface area contributed by atoms with E-state index in [4.69, 9.17) is 10.8 Å². The van der Waals surface area contributed by atoms with Gasteiger partial charge in [-0.25, -0.2) is 4.98 Å². The number of carboxylic acid groups (broad SMARTS) is 1. The molecule has 0 aliphatic rings. The predicted octanol–water partition coefficient (Wildman–Crippen LogP) is 3.14. The van der Waals surface area contributed by atoms with Crippen LogP contribution in [0.4, 0.5) is 5.69 Å². The molecule has 0 aliphatic heterocycles. The number of rotatable bonds is 5. The predicted molar refractivity (Wildman–Crippen MR) is 80.7 cm³/mol. The maximum absolute atomic E-state index is 10.9. The van der Waals surface area contributed by atoms with Gasteiger partial charge in [-0.2, -0.15) is 0 Å². The molecule has 0 amide bonds. The van der Waals surface area contributed by atoms with Crippen LogP contribution >= 0.6 is 11.8 Å². The Hall–Kier alpha value is -2.01. The molecule has 1 aromatic heterocycles. The van der Waals surface area contributed by atoms with Crippen molar-refractivity contribution < 1.29 is 9.90 Å². The second-order valence-corrected chi connectivity index (χ2v) is 5.45. The highest BCUT2D eigenvalue weighted by molar-refractivity contribution is 7.98. The zero-order valence-corrected chi connectivity index (χ0v) is 11.9. The number of pyridine rings is 1. The molecular formula is C15H16N2O2S. The molecule has 2 rings (SSSR count). The number of carboxylic acids is 1. The topological polar surface area (TPSA) is 76.2 Å². The van der Waals surface area contributed by atoms with E-state index >= 15 is 0 Å². The minimum absolute atomic E-state index is 0.483. The van der Waals surface area contributed by atoms with Gasteiger partial charge in [0.2, 0.25) is 0 Å². The van der Waals surface area contributed by atoms with Gasteiger partial charge in [0.05, 0.1) is 11.6 Å². The van der Waals surface area contributed by atoms with Crippen molar-refractivity contribution in [2.45, 2.75) is 23.6 Å². The lowest BCUT2D eigenvalue weighted by molar-refractivity contribution is -0.138. The first-order valence-corrected chi connectivity index (χ1v) is 7.21. The van der Waals surface area contributed by atoms with Gasteiger partial charge in [-0.1, -0.05) is 36.0 Å². The Morgan fingerprint density at radius 3 is 2.65 bits per heavy atom. The standard InChI is InChI=1S/C15H16N2O2S/c1-10(15(18)19)12-6-4-11(5-7-12)9-20-14-13(16)3-2-8-17-14/h2-8,10H,9,16H2,1H3,(H,18,19). The molecule has 0 saturated heterocycles. The molecule has 1 aromatic carbocycles. The van der Waals surface area contributed by atoms with Crippen LogP contribution in [0.25, 0.3) is 0 Å². The highest BCUT2D eigenvalue weighted by Gasteiger charge is 2.13. The van der Waals surface area contributed by atoms with Crippen molar-refractivity contribution in [3.8, 4) is 0 Å². The maximum Gasteiger partial charge on any atom is 0.310 e. The SMILES string of the molecule is CC(C(=O)O)c1ccc(CSc2ncccc2N)cc1. The second kappa shape index (κ2) is 6.43. The van der Waals surface area contributed by atoms with E-state index in [-0.39, 0.29) is 0 Å². The summed E-state index contributed by atoms with van der Waals surface area (Å²) >= 11 is 1.57. The van der Waals surface area contributed by atoms with E-state index in [1.807, 2.05) is 36.4 Å². The van der Waals surface area contributed by atoms with Crippen LogP contribution in [0.3, 0.4) is 0 Å². The minimum atomic E-state index is -0.812. The number of anilines is 1. The number of nitrogens with zero attached hydrogens (tertiary/aromatic N) is 1. The first-order valence-electron chi connectivity index (χ1n) is 6.23. The smallest absolute Gasteiger partial charge is 0.310 e. The van der Waals surface area contributed by atoms with Gasteiger partial charge in [-0.3, -0.25) is 4.79 Å². The van der Waals surface area contributed by atoms with E-state index in [1.54, 1.807) is 24.9 Å². The van der Waals surface area contributed by atoms with Gasteiger partial charge >= 0.3 is 5.97 Å².